The highest BCUT2D eigenvalue weighted by Crippen LogP contribution is 2.12. The first kappa shape index (κ1) is 27.8. The molecule has 0 radical (unpaired) electrons. The van der Waals surface area contributed by atoms with Crippen LogP contribution < -0.4 is 11.1 Å². The lowest BCUT2D eigenvalue weighted by atomic mass is 10.1. The van der Waals surface area contributed by atoms with Gasteiger partial charge in [0.2, 0.25) is 0 Å². The average molecular weight is 403 g/mol. The number of hydrogen-bond acceptors (Lipinski definition) is 4. The van der Waals surface area contributed by atoms with Crippen LogP contribution in [0.4, 0.5) is 0 Å². The monoisotopic (exact) mass is 402 g/mol. The predicted octanol–water partition coefficient (Wildman–Crippen LogP) is 6.42. The van der Waals surface area contributed by atoms with Crippen LogP contribution in [0.1, 0.15) is 118 Å². The van der Waals surface area contributed by atoms with Gasteiger partial charge in [-0.25, -0.2) is 0 Å². The zero-order valence-electron chi connectivity index (χ0n) is 19.3. The van der Waals surface area contributed by atoms with Crippen LogP contribution in [0.5, 0.6) is 0 Å². The zero-order valence-corrected chi connectivity index (χ0v) is 19.3. The number of hydrogen-bond donors (Lipinski definition) is 2. The predicted molar refractivity (Wildman–Crippen MR) is 125 cm³/mol. The summed E-state index contributed by atoms with van der Waals surface area (Å²) in [5, 5.41) is 3.36. The van der Waals surface area contributed by atoms with Gasteiger partial charge >= 0.3 is 0 Å². The molecule has 0 atom stereocenters. The van der Waals surface area contributed by atoms with Gasteiger partial charge in [0.25, 0.3) is 0 Å². The van der Waals surface area contributed by atoms with Crippen LogP contribution in [-0.4, -0.2) is 39.1 Å². The molecule has 0 unspecified atom stereocenters. The van der Waals surface area contributed by atoms with Gasteiger partial charge in [-0.3, -0.25) is 0 Å². The van der Waals surface area contributed by atoms with Crippen LogP contribution in [0.15, 0.2) is 0 Å². The summed E-state index contributed by atoms with van der Waals surface area (Å²) >= 11 is 0. The quantitative estimate of drug-likeness (QED) is 0.144. The van der Waals surface area contributed by atoms with Crippen LogP contribution in [0, 0.1) is 0 Å². The Labute approximate surface area is 178 Å². The third-order valence-corrected chi connectivity index (χ3v) is 5.22. The average Bonchev–Trinajstić information content (AvgIpc) is 2.71. The van der Waals surface area contributed by atoms with Gasteiger partial charge < -0.3 is 20.5 Å². The van der Waals surface area contributed by atoms with Crippen LogP contribution in [0.25, 0.3) is 0 Å². The summed E-state index contributed by atoms with van der Waals surface area (Å²) in [6.07, 6.45) is 20.4. The lowest BCUT2D eigenvalue weighted by molar-refractivity contribution is -0.148. The fourth-order valence-electron chi connectivity index (χ4n) is 3.37. The number of unbranched alkanes of at least 4 members (excludes halogenated alkanes) is 12. The van der Waals surface area contributed by atoms with Crippen molar-refractivity contribution in [1.82, 2.24) is 5.32 Å². The summed E-state index contributed by atoms with van der Waals surface area (Å²) in [4.78, 5) is 0. The highest BCUT2D eigenvalue weighted by molar-refractivity contribution is 4.53. The summed E-state index contributed by atoms with van der Waals surface area (Å²) in [6.45, 7) is 8.95. The molecular formula is C24H54N2O2. The Morgan fingerprint density at radius 2 is 1.14 bits per heavy atom. The maximum absolute atomic E-state index is 6.08. The summed E-state index contributed by atoms with van der Waals surface area (Å²) in [5.41, 5.74) is 5.50. The summed E-state index contributed by atoms with van der Waals surface area (Å²) in [7, 11) is 0. The highest BCUT2D eigenvalue weighted by Gasteiger charge is 2.09. The molecule has 0 rings (SSSR count). The number of nitrogens with one attached hydrogen (secondary N) is 1. The molecule has 0 heterocycles. The molecule has 3 N–H and O–H groups in total. The Morgan fingerprint density at radius 3 is 1.68 bits per heavy atom. The van der Waals surface area contributed by atoms with E-state index in [2.05, 4.69) is 19.2 Å². The van der Waals surface area contributed by atoms with Gasteiger partial charge in [0.1, 0.15) is 0 Å². The lowest BCUT2D eigenvalue weighted by Gasteiger charge is -2.19. The second-order valence-corrected chi connectivity index (χ2v) is 8.09. The van der Waals surface area contributed by atoms with E-state index in [0.717, 1.165) is 39.3 Å². The van der Waals surface area contributed by atoms with Crippen molar-refractivity contribution in [3.63, 3.8) is 0 Å². The van der Waals surface area contributed by atoms with Crippen molar-refractivity contribution in [3.05, 3.63) is 0 Å². The maximum atomic E-state index is 6.08. The third kappa shape index (κ3) is 22.1. The van der Waals surface area contributed by atoms with E-state index in [4.69, 9.17) is 15.2 Å². The minimum atomic E-state index is 0. The fourth-order valence-corrected chi connectivity index (χ4v) is 3.37. The van der Waals surface area contributed by atoms with Crippen molar-refractivity contribution >= 4 is 0 Å². The molecular weight excluding hydrogens is 348 g/mol. The third-order valence-electron chi connectivity index (χ3n) is 5.22. The number of nitrogens with two attached hydrogens (primary N) is 1. The molecule has 0 saturated heterocycles. The van der Waals surface area contributed by atoms with E-state index >= 15 is 0 Å². The molecule has 0 spiro atoms. The molecule has 0 aliphatic rings. The lowest BCUT2D eigenvalue weighted by Crippen LogP contribution is -2.23. The summed E-state index contributed by atoms with van der Waals surface area (Å²) in [6, 6.07) is 0. The van der Waals surface area contributed by atoms with Crippen molar-refractivity contribution in [2.45, 2.75) is 123 Å². The molecule has 4 nitrogen and oxygen atoms in total. The van der Waals surface area contributed by atoms with E-state index in [1.165, 1.54) is 96.3 Å². The first-order valence-corrected chi connectivity index (χ1v) is 12.5. The van der Waals surface area contributed by atoms with Gasteiger partial charge in [-0.2, -0.15) is 0 Å². The smallest absolute Gasteiger partial charge is 0.157 e. The molecule has 0 amide bonds. The van der Waals surface area contributed by atoms with Gasteiger partial charge in [-0.15, -0.1) is 0 Å². The standard InChI is InChI=1S/C24H52N2O2.H2/c1-3-5-7-9-11-16-22-27-24(18-14-13-15-20-26-21-19-25)28-23-17-12-10-8-6-4-2;/h24,26H,3-23,25H2,1-2H3;1H. The van der Waals surface area contributed by atoms with Crippen LogP contribution >= 0.6 is 0 Å². The first-order chi connectivity index (χ1) is 13.8. The highest BCUT2D eigenvalue weighted by atomic mass is 16.7. The minimum absolute atomic E-state index is 0. The fraction of sp³-hybridized carbons (Fsp3) is 1.00. The van der Waals surface area contributed by atoms with E-state index in [1.54, 1.807) is 0 Å². The molecule has 0 saturated carbocycles. The first-order valence-electron chi connectivity index (χ1n) is 12.5. The van der Waals surface area contributed by atoms with Crippen molar-refractivity contribution in [2.24, 2.45) is 5.73 Å². The normalized spacial score (nSPS) is 11.6. The van der Waals surface area contributed by atoms with Gasteiger partial charge in [0, 0.05) is 27.7 Å². The van der Waals surface area contributed by atoms with Crippen LogP contribution in [0.2, 0.25) is 0 Å². The topological polar surface area (TPSA) is 56.5 Å². The Bertz CT molecular complexity index is 241. The summed E-state index contributed by atoms with van der Waals surface area (Å²) < 4.78 is 12.2. The molecule has 0 aliphatic carbocycles. The van der Waals surface area contributed by atoms with Crippen molar-refractivity contribution in [1.29, 1.82) is 0 Å². The second-order valence-electron chi connectivity index (χ2n) is 8.09. The van der Waals surface area contributed by atoms with E-state index in [9.17, 15) is 0 Å². The Kier molecular flexibility index (Phi) is 24.7. The second kappa shape index (κ2) is 24.9. The Hall–Kier alpha value is -0.160. The SMILES string of the molecule is CCCCCCCCOC(CCCCCNCCN)OCCCCCCCC.[HH]. The van der Waals surface area contributed by atoms with E-state index in [0.29, 0.717) is 0 Å². The van der Waals surface area contributed by atoms with Gasteiger partial charge in [-0.1, -0.05) is 84.5 Å². The minimum Gasteiger partial charge on any atom is -0.353 e. The molecule has 0 aromatic rings. The van der Waals surface area contributed by atoms with Crippen LogP contribution in [-0.2, 0) is 9.47 Å². The van der Waals surface area contributed by atoms with E-state index in [-0.39, 0.29) is 7.72 Å². The van der Waals surface area contributed by atoms with Gasteiger partial charge in [0.15, 0.2) is 6.29 Å². The molecule has 0 bridgehead atoms. The maximum Gasteiger partial charge on any atom is 0.157 e. The van der Waals surface area contributed by atoms with Crippen LogP contribution in [0.3, 0.4) is 0 Å². The molecule has 0 aromatic heterocycles. The molecule has 0 aromatic carbocycles. The van der Waals surface area contributed by atoms with Crippen molar-refractivity contribution in [2.75, 3.05) is 32.8 Å². The van der Waals surface area contributed by atoms with Gasteiger partial charge in [0.05, 0.1) is 0 Å². The van der Waals surface area contributed by atoms with E-state index < -0.39 is 0 Å². The Morgan fingerprint density at radius 1 is 0.643 bits per heavy atom. The molecule has 0 fully saturated rings. The largest absolute Gasteiger partial charge is 0.353 e. The van der Waals surface area contributed by atoms with E-state index in [1.807, 2.05) is 0 Å². The molecule has 28 heavy (non-hydrogen) atoms. The molecule has 172 valence electrons. The molecule has 4 heteroatoms. The summed E-state index contributed by atoms with van der Waals surface area (Å²) in [5.74, 6) is 0. The van der Waals surface area contributed by atoms with Gasteiger partial charge in [-0.05, 0) is 38.6 Å². The zero-order chi connectivity index (χ0) is 20.5. The van der Waals surface area contributed by atoms with Crippen molar-refractivity contribution < 1.29 is 10.9 Å². The Balaban J connectivity index is 0. The number of ether oxygens (including phenoxy) is 2. The van der Waals surface area contributed by atoms with Crippen molar-refractivity contribution in [3.8, 4) is 0 Å². The molecule has 0 aliphatic heterocycles. The number of rotatable bonds is 24.